The quantitative estimate of drug-likeness (QED) is 0.566. The highest BCUT2D eigenvalue weighted by atomic mass is 35.5. The molecular formula is C7H8ClFN2O. The van der Waals surface area contributed by atoms with Crippen LogP contribution in [0.3, 0.4) is 0 Å². The van der Waals surface area contributed by atoms with E-state index in [4.69, 9.17) is 16.3 Å². The van der Waals surface area contributed by atoms with Crippen LogP contribution in [-0.2, 0) is 0 Å². The molecule has 0 aromatic heterocycles. The molecule has 3 nitrogen and oxygen atoms in total. The number of nitrogens with one attached hydrogen (secondary N) is 2. The zero-order valence-corrected chi connectivity index (χ0v) is 7.15. The number of methoxy groups -OCH3 is 1. The van der Waals surface area contributed by atoms with Gasteiger partial charge in [-0.25, -0.2) is 0 Å². The summed E-state index contributed by atoms with van der Waals surface area (Å²) in [6.07, 6.45) is 0. The van der Waals surface area contributed by atoms with E-state index in [9.17, 15) is 4.48 Å². The first-order valence-electron chi connectivity index (χ1n) is 3.23. The third-order valence-electron chi connectivity index (χ3n) is 1.34. The van der Waals surface area contributed by atoms with Crippen LogP contribution in [0, 0.1) is 0 Å². The van der Waals surface area contributed by atoms with Crippen LogP contribution in [0.4, 0.5) is 10.2 Å². The molecule has 12 heavy (non-hydrogen) atoms. The van der Waals surface area contributed by atoms with Crippen LogP contribution >= 0.6 is 11.6 Å². The summed E-state index contributed by atoms with van der Waals surface area (Å²) in [5.41, 5.74) is 4.10. The molecule has 0 aliphatic rings. The average molecular weight is 191 g/mol. The number of anilines is 1. The lowest BCUT2D eigenvalue weighted by molar-refractivity contribution is 0.375. The fraction of sp³-hybridized carbons (Fsp3) is 0.143. The SMILES string of the molecule is COc1cc(NNF)ccc1Cl. The van der Waals surface area contributed by atoms with Crippen molar-refractivity contribution in [3.8, 4) is 5.75 Å². The summed E-state index contributed by atoms with van der Waals surface area (Å²) in [4.78, 5) is 0. The van der Waals surface area contributed by atoms with Gasteiger partial charge in [0.25, 0.3) is 0 Å². The minimum absolute atomic E-state index is 0.488. The molecule has 0 spiro atoms. The second-order valence-electron chi connectivity index (χ2n) is 2.07. The van der Waals surface area contributed by atoms with Crippen molar-refractivity contribution in [1.82, 2.24) is 5.65 Å². The molecule has 0 aliphatic heterocycles. The van der Waals surface area contributed by atoms with Crippen LogP contribution in [0.15, 0.2) is 18.2 Å². The van der Waals surface area contributed by atoms with Gasteiger partial charge in [-0.3, -0.25) is 5.43 Å². The molecule has 0 aliphatic carbocycles. The first-order valence-corrected chi connectivity index (χ1v) is 3.61. The lowest BCUT2D eigenvalue weighted by Gasteiger charge is -2.05. The Morgan fingerprint density at radius 3 is 2.83 bits per heavy atom. The Labute approximate surface area is 74.4 Å². The summed E-state index contributed by atoms with van der Waals surface area (Å²) in [6.45, 7) is 0. The van der Waals surface area contributed by atoms with Gasteiger partial charge in [-0.1, -0.05) is 17.2 Å². The molecule has 0 unspecified atom stereocenters. The van der Waals surface area contributed by atoms with Gasteiger partial charge in [0, 0.05) is 6.07 Å². The maximum atomic E-state index is 11.6. The normalized spacial score (nSPS) is 9.58. The van der Waals surface area contributed by atoms with Crippen molar-refractivity contribution >= 4 is 17.3 Å². The van der Waals surface area contributed by atoms with Crippen molar-refractivity contribution in [2.24, 2.45) is 0 Å². The number of benzene rings is 1. The summed E-state index contributed by atoms with van der Waals surface area (Å²) in [7, 11) is 1.49. The highest BCUT2D eigenvalue weighted by molar-refractivity contribution is 6.32. The van der Waals surface area contributed by atoms with Gasteiger partial charge in [0.2, 0.25) is 0 Å². The van der Waals surface area contributed by atoms with Crippen LogP contribution in [0.25, 0.3) is 0 Å². The van der Waals surface area contributed by atoms with Crippen LogP contribution in [0.1, 0.15) is 0 Å². The van der Waals surface area contributed by atoms with Crippen molar-refractivity contribution in [3.63, 3.8) is 0 Å². The lowest BCUT2D eigenvalue weighted by atomic mass is 10.3. The van der Waals surface area contributed by atoms with Crippen LogP contribution in [0.2, 0.25) is 5.02 Å². The van der Waals surface area contributed by atoms with E-state index in [-0.39, 0.29) is 0 Å². The summed E-state index contributed by atoms with van der Waals surface area (Å²) in [5.74, 6) is 0.497. The predicted octanol–water partition coefficient (Wildman–Crippen LogP) is 2.15. The van der Waals surface area contributed by atoms with Crippen molar-refractivity contribution in [1.29, 1.82) is 0 Å². The van der Waals surface area contributed by atoms with E-state index >= 15 is 0 Å². The number of hydrogen-bond acceptors (Lipinski definition) is 3. The largest absolute Gasteiger partial charge is 0.495 e. The molecule has 1 aromatic rings. The van der Waals surface area contributed by atoms with Crippen LogP contribution in [-0.4, -0.2) is 7.11 Å². The summed E-state index contributed by atoms with van der Waals surface area (Å²) in [6, 6.07) is 4.81. The Kier molecular flexibility index (Phi) is 3.13. The predicted molar refractivity (Wildman–Crippen MR) is 45.9 cm³/mol. The number of hydrazine groups is 1. The molecule has 1 aromatic carbocycles. The first kappa shape index (κ1) is 9.09. The Morgan fingerprint density at radius 1 is 1.50 bits per heavy atom. The molecule has 0 amide bonds. The standard InChI is InChI=1S/C7H8ClFN2O/c1-12-7-4-5(10-11-9)2-3-6(7)8/h2-4,10-11H,1H3. The maximum Gasteiger partial charge on any atom is 0.139 e. The van der Waals surface area contributed by atoms with Crippen LogP contribution < -0.4 is 15.8 Å². The topological polar surface area (TPSA) is 33.3 Å². The van der Waals surface area contributed by atoms with Gasteiger partial charge in [0.05, 0.1) is 17.8 Å². The summed E-state index contributed by atoms with van der Waals surface area (Å²) in [5, 5.41) is 0.488. The Bertz CT molecular complexity index is 270. The molecule has 2 N–H and O–H groups in total. The van der Waals surface area contributed by atoms with Gasteiger partial charge in [-0.2, -0.15) is 0 Å². The summed E-state index contributed by atoms with van der Waals surface area (Å²) >= 11 is 5.73. The van der Waals surface area contributed by atoms with Crippen molar-refractivity contribution in [2.45, 2.75) is 0 Å². The van der Waals surface area contributed by atoms with E-state index in [0.717, 1.165) is 0 Å². The third-order valence-corrected chi connectivity index (χ3v) is 1.65. The number of ether oxygens (including phenoxy) is 1. The van der Waals surface area contributed by atoms with E-state index in [0.29, 0.717) is 16.5 Å². The number of halogens is 2. The Hall–Kier alpha value is -1.00. The van der Waals surface area contributed by atoms with E-state index in [1.165, 1.54) is 12.8 Å². The van der Waals surface area contributed by atoms with E-state index in [2.05, 4.69) is 5.43 Å². The molecule has 0 fully saturated rings. The zero-order chi connectivity index (χ0) is 8.97. The molecule has 66 valence electrons. The van der Waals surface area contributed by atoms with Gasteiger partial charge in [0.15, 0.2) is 0 Å². The minimum atomic E-state index is 0.488. The Morgan fingerprint density at radius 2 is 2.25 bits per heavy atom. The molecular weight excluding hydrogens is 183 g/mol. The van der Waals surface area contributed by atoms with Gasteiger partial charge in [0.1, 0.15) is 5.75 Å². The van der Waals surface area contributed by atoms with E-state index in [1.807, 2.05) is 0 Å². The number of rotatable bonds is 3. The van der Waals surface area contributed by atoms with Gasteiger partial charge in [-0.05, 0) is 12.1 Å². The van der Waals surface area contributed by atoms with Crippen molar-refractivity contribution in [3.05, 3.63) is 23.2 Å². The van der Waals surface area contributed by atoms with Crippen molar-refractivity contribution in [2.75, 3.05) is 12.5 Å². The van der Waals surface area contributed by atoms with Crippen molar-refractivity contribution < 1.29 is 9.22 Å². The van der Waals surface area contributed by atoms with Gasteiger partial charge in [-0.15, -0.1) is 4.48 Å². The fourth-order valence-corrected chi connectivity index (χ4v) is 0.987. The molecule has 0 radical (unpaired) electrons. The first-order chi connectivity index (χ1) is 5.77. The molecule has 0 atom stereocenters. The molecule has 0 saturated heterocycles. The molecule has 0 bridgehead atoms. The zero-order valence-electron chi connectivity index (χ0n) is 6.40. The lowest BCUT2D eigenvalue weighted by Crippen LogP contribution is -2.09. The van der Waals surface area contributed by atoms with Crippen LogP contribution in [0.5, 0.6) is 5.75 Å². The smallest absolute Gasteiger partial charge is 0.139 e. The Balaban J connectivity index is 2.89. The monoisotopic (exact) mass is 190 g/mol. The second kappa shape index (κ2) is 4.13. The van der Waals surface area contributed by atoms with Gasteiger partial charge < -0.3 is 4.74 Å². The molecule has 0 heterocycles. The summed E-state index contributed by atoms with van der Waals surface area (Å²) < 4.78 is 16.5. The minimum Gasteiger partial charge on any atom is -0.495 e. The molecule has 5 heteroatoms. The average Bonchev–Trinajstić information content (AvgIpc) is 2.09. The van der Waals surface area contributed by atoms with Gasteiger partial charge >= 0.3 is 0 Å². The third kappa shape index (κ3) is 1.99. The highest BCUT2D eigenvalue weighted by Gasteiger charge is 2.00. The second-order valence-corrected chi connectivity index (χ2v) is 2.48. The van der Waals surface area contributed by atoms with E-state index in [1.54, 1.807) is 18.2 Å². The molecule has 0 saturated carbocycles. The molecule has 1 rings (SSSR count). The number of hydrogen-bond donors (Lipinski definition) is 2. The van der Waals surface area contributed by atoms with E-state index < -0.39 is 0 Å². The highest BCUT2D eigenvalue weighted by Crippen LogP contribution is 2.26. The fourth-order valence-electron chi connectivity index (χ4n) is 0.792. The maximum absolute atomic E-state index is 11.6.